The molecule has 1 N–H and O–H groups in total. The standard InChI is InChI=1S/C15H14ClN3O2/c1-4-6-9(7-5-2)13-11(15(20)21)12-14(19(13)3)17-8-10(16)18-12/h4-8H,1H2,2-3H3,(H,20,21)/b7-5-,9-6+. The third kappa shape index (κ3) is 2.60. The summed E-state index contributed by atoms with van der Waals surface area (Å²) in [4.78, 5) is 20.0. The van der Waals surface area contributed by atoms with E-state index in [1.165, 1.54) is 6.20 Å². The number of aromatic nitrogens is 3. The van der Waals surface area contributed by atoms with Gasteiger partial charge in [0.05, 0.1) is 11.9 Å². The summed E-state index contributed by atoms with van der Waals surface area (Å²) in [7, 11) is 1.74. The molecule has 0 saturated heterocycles. The number of carboxylic acid groups (broad SMARTS) is 1. The van der Waals surface area contributed by atoms with Gasteiger partial charge in [0.25, 0.3) is 0 Å². The maximum Gasteiger partial charge on any atom is 0.340 e. The van der Waals surface area contributed by atoms with Gasteiger partial charge >= 0.3 is 5.97 Å². The van der Waals surface area contributed by atoms with E-state index < -0.39 is 5.97 Å². The first-order valence-electron chi connectivity index (χ1n) is 6.21. The summed E-state index contributed by atoms with van der Waals surface area (Å²) in [6, 6.07) is 0. The number of aryl methyl sites for hydroxylation is 1. The van der Waals surface area contributed by atoms with Gasteiger partial charge in [-0.15, -0.1) is 0 Å². The van der Waals surface area contributed by atoms with Crippen LogP contribution in [0.1, 0.15) is 23.0 Å². The number of hydrogen-bond donors (Lipinski definition) is 1. The third-order valence-electron chi connectivity index (χ3n) is 2.98. The molecule has 0 spiro atoms. The van der Waals surface area contributed by atoms with E-state index in [1.807, 2.05) is 19.1 Å². The molecule has 108 valence electrons. The van der Waals surface area contributed by atoms with E-state index in [0.29, 0.717) is 16.9 Å². The summed E-state index contributed by atoms with van der Waals surface area (Å²) < 4.78 is 1.69. The van der Waals surface area contributed by atoms with E-state index in [4.69, 9.17) is 11.6 Å². The predicted octanol–water partition coefficient (Wildman–Crippen LogP) is 3.47. The fourth-order valence-electron chi connectivity index (χ4n) is 2.22. The molecule has 0 bridgehead atoms. The fourth-order valence-corrected chi connectivity index (χ4v) is 2.35. The summed E-state index contributed by atoms with van der Waals surface area (Å²) in [6.07, 6.45) is 8.37. The lowest BCUT2D eigenvalue weighted by Gasteiger charge is -2.06. The molecule has 0 aromatic carbocycles. The molecule has 2 heterocycles. The average molecular weight is 304 g/mol. The molecule has 0 amide bonds. The number of allylic oxidation sites excluding steroid dienone is 5. The second-order valence-electron chi connectivity index (χ2n) is 4.31. The van der Waals surface area contributed by atoms with Crippen molar-refractivity contribution < 1.29 is 9.90 Å². The first-order valence-corrected chi connectivity index (χ1v) is 6.59. The van der Waals surface area contributed by atoms with Crippen LogP contribution in [0.5, 0.6) is 0 Å². The Morgan fingerprint density at radius 3 is 2.81 bits per heavy atom. The Hall–Kier alpha value is -2.40. The number of carboxylic acids is 1. The fraction of sp³-hybridized carbons (Fsp3) is 0.133. The molecule has 2 aromatic heterocycles. The van der Waals surface area contributed by atoms with Crippen LogP contribution in [0.4, 0.5) is 0 Å². The van der Waals surface area contributed by atoms with Crippen LogP contribution in [0, 0.1) is 0 Å². The van der Waals surface area contributed by atoms with E-state index in [0.717, 1.165) is 0 Å². The van der Waals surface area contributed by atoms with Crippen molar-refractivity contribution in [2.45, 2.75) is 6.92 Å². The highest BCUT2D eigenvalue weighted by Crippen LogP contribution is 2.29. The van der Waals surface area contributed by atoms with E-state index in [1.54, 1.807) is 23.8 Å². The van der Waals surface area contributed by atoms with Gasteiger partial charge in [0, 0.05) is 7.05 Å². The lowest BCUT2D eigenvalue weighted by atomic mass is 10.1. The maximum absolute atomic E-state index is 11.7. The monoisotopic (exact) mass is 303 g/mol. The minimum absolute atomic E-state index is 0.0775. The van der Waals surface area contributed by atoms with Crippen LogP contribution in [-0.4, -0.2) is 25.6 Å². The lowest BCUT2D eigenvalue weighted by Crippen LogP contribution is -2.03. The Balaban J connectivity index is 2.93. The van der Waals surface area contributed by atoms with Gasteiger partial charge in [-0.3, -0.25) is 0 Å². The second kappa shape index (κ2) is 5.93. The average Bonchev–Trinajstić information content (AvgIpc) is 2.71. The Kier molecular flexibility index (Phi) is 4.23. The molecule has 0 saturated carbocycles. The van der Waals surface area contributed by atoms with Crippen molar-refractivity contribution in [2.75, 3.05) is 0 Å². The molecule has 2 aromatic rings. The van der Waals surface area contributed by atoms with Gasteiger partial charge in [-0.25, -0.2) is 14.8 Å². The highest BCUT2D eigenvalue weighted by Gasteiger charge is 2.24. The van der Waals surface area contributed by atoms with Crippen LogP contribution in [0.3, 0.4) is 0 Å². The first-order chi connectivity index (χ1) is 10.0. The Bertz CT molecular complexity index is 788. The largest absolute Gasteiger partial charge is 0.478 e. The molecular weight excluding hydrogens is 290 g/mol. The molecule has 0 fully saturated rings. The van der Waals surface area contributed by atoms with Crippen molar-refractivity contribution >= 4 is 34.3 Å². The number of halogens is 1. The van der Waals surface area contributed by atoms with Gasteiger partial charge in [-0.1, -0.05) is 42.5 Å². The zero-order valence-electron chi connectivity index (χ0n) is 11.7. The van der Waals surface area contributed by atoms with Gasteiger partial charge in [0.15, 0.2) is 5.65 Å². The van der Waals surface area contributed by atoms with E-state index >= 15 is 0 Å². The van der Waals surface area contributed by atoms with E-state index in [2.05, 4.69) is 16.5 Å². The zero-order chi connectivity index (χ0) is 15.6. The Morgan fingerprint density at radius 2 is 2.24 bits per heavy atom. The number of fused-ring (bicyclic) bond motifs is 1. The quantitative estimate of drug-likeness (QED) is 0.878. The van der Waals surface area contributed by atoms with Gasteiger partial charge in [0.2, 0.25) is 0 Å². The van der Waals surface area contributed by atoms with E-state index in [-0.39, 0.29) is 16.2 Å². The highest BCUT2D eigenvalue weighted by atomic mass is 35.5. The summed E-state index contributed by atoms with van der Waals surface area (Å²) in [5.41, 5.74) is 2.04. The molecule has 0 radical (unpaired) electrons. The van der Waals surface area contributed by atoms with Crippen LogP contribution in [-0.2, 0) is 7.05 Å². The van der Waals surface area contributed by atoms with Crippen molar-refractivity contribution in [3.05, 3.63) is 53.5 Å². The molecule has 0 atom stereocenters. The number of rotatable bonds is 4. The molecule has 0 aliphatic rings. The van der Waals surface area contributed by atoms with Gasteiger partial charge in [-0.2, -0.15) is 0 Å². The molecule has 2 rings (SSSR count). The topological polar surface area (TPSA) is 68.0 Å². The number of hydrogen-bond acceptors (Lipinski definition) is 3. The summed E-state index contributed by atoms with van der Waals surface area (Å²) >= 11 is 5.84. The number of nitrogens with zero attached hydrogens (tertiary/aromatic N) is 3. The van der Waals surface area contributed by atoms with Gasteiger partial charge < -0.3 is 9.67 Å². The van der Waals surface area contributed by atoms with Crippen LogP contribution in [0.25, 0.3) is 16.7 Å². The zero-order valence-corrected chi connectivity index (χ0v) is 12.4. The van der Waals surface area contributed by atoms with Crippen LogP contribution in [0.2, 0.25) is 5.15 Å². The van der Waals surface area contributed by atoms with Gasteiger partial charge in [-0.05, 0) is 12.5 Å². The minimum Gasteiger partial charge on any atom is -0.478 e. The molecule has 21 heavy (non-hydrogen) atoms. The third-order valence-corrected chi connectivity index (χ3v) is 3.16. The number of carbonyl (C=O) groups is 1. The molecular formula is C15H14ClN3O2. The molecule has 0 aliphatic carbocycles. The van der Waals surface area contributed by atoms with Crippen molar-refractivity contribution in [2.24, 2.45) is 7.05 Å². The molecule has 0 aliphatic heterocycles. The van der Waals surface area contributed by atoms with Gasteiger partial charge in [0.1, 0.15) is 16.2 Å². The van der Waals surface area contributed by atoms with Crippen LogP contribution >= 0.6 is 11.6 Å². The van der Waals surface area contributed by atoms with Crippen molar-refractivity contribution in [1.82, 2.24) is 14.5 Å². The maximum atomic E-state index is 11.7. The predicted molar refractivity (Wildman–Crippen MR) is 83.5 cm³/mol. The molecule has 0 unspecified atom stereocenters. The van der Waals surface area contributed by atoms with Crippen molar-refractivity contribution in [3.8, 4) is 0 Å². The van der Waals surface area contributed by atoms with E-state index in [9.17, 15) is 9.90 Å². The van der Waals surface area contributed by atoms with Crippen molar-refractivity contribution in [1.29, 1.82) is 0 Å². The summed E-state index contributed by atoms with van der Waals surface area (Å²) in [6.45, 7) is 5.52. The second-order valence-corrected chi connectivity index (χ2v) is 4.70. The minimum atomic E-state index is -1.08. The summed E-state index contributed by atoms with van der Waals surface area (Å²) in [5.74, 6) is -1.08. The normalized spacial score (nSPS) is 12.2. The highest BCUT2D eigenvalue weighted by molar-refractivity contribution is 6.29. The Labute approximate surface area is 126 Å². The molecule has 5 nitrogen and oxygen atoms in total. The number of aromatic carboxylic acids is 1. The van der Waals surface area contributed by atoms with Crippen LogP contribution < -0.4 is 0 Å². The lowest BCUT2D eigenvalue weighted by molar-refractivity contribution is 0.0698. The van der Waals surface area contributed by atoms with Crippen molar-refractivity contribution in [3.63, 3.8) is 0 Å². The smallest absolute Gasteiger partial charge is 0.340 e. The molecule has 6 heteroatoms. The Morgan fingerprint density at radius 1 is 1.52 bits per heavy atom. The summed E-state index contributed by atoms with van der Waals surface area (Å²) in [5, 5.41) is 9.71. The SMILES string of the molecule is C=C/C=C(\C=C/C)c1c(C(=O)O)c2nc(Cl)cnc2n1C. The first kappa shape index (κ1) is 15.0. The van der Waals surface area contributed by atoms with Crippen LogP contribution in [0.15, 0.2) is 37.1 Å².